The van der Waals surface area contributed by atoms with E-state index >= 15 is 0 Å². The van der Waals surface area contributed by atoms with Crippen molar-refractivity contribution in [3.63, 3.8) is 0 Å². The second-order valence-corrected chi connectivity index (χ2v) is 7.84. The van der Waals surface area contributed by atoms with E-state index in [1.165, 1.54) is 37.7 Å². The predicted octanol–water partition coefficient (Wildman–Crippen LogP) is 3.58. The molecule has 1 aliphatic heterocycles. The van der Waals surface area contributed by atoms with Gasteiger partial charge in [0.2, 0.25) is 0 Å². The van der Waals surface area contributed by atoms with Crippen molar-refractivity contribution in [2.45, 2.75) is 70.2 Å². The highest BCUT2D eigenvalue weighted by Gasteiger charge is 2.24. The first-order valence-electron chi connectivity index (χ1n) is 9.89. The number of ether oxygens (including phenoxy) is 2. The van der Waals surface area contributed by atoms with Crippen LogP contribution in [0.1, 0.15) is 57.4 Å². The molecule has 25 heavy (non-hydrogen) atoms. The Balaban J connectivity index is 1.43. The van der Waals surface area contributed by atoms with Gasteiger partial charge in [-0.3, -0.25) is 4.90 Å². The van der Waals surface area contributed by atoms with Crippen LogP contribution in [-0.4, -0.2) is 54.6 Å². The molecule has 0 radical (unpaired) electrons. The molecule has 1 aromatic carbocycles. The predicted molar refractivity (Wildman–Crippen MR) is 100 cm³/mol. The van der Waals surface area contributed by atoms with Crippen LogP contribution in [0.5, 0.6) is 5.75 Å². The minimum absolute atomic E-state index is 0.226. The van der Waals surface area contributed by atoms with E-state index in [0.717, 1.165) is 24.8 Å². The van der Waals surface area contributed by atoms with Gasteiger partial charge >= 0.3 is 0 Å². The lowest BCUT2D eigenvalue weighted by atomic mass is 9.84. The zero-order chi connectivity index (χ0) is 17.6. The number of aliphatic hydroxyl groups is 1. The molecule has 1 aromatic rings. The van der Waals surface area contributed by atoms with Crippen molar-refractivity contribution in [2.24, 2.45) is 0 Å². The van der Waals surface area contributed by atoms with E-state index in [4.69, 9.17) is 9.47 Å². The third kappa shape index (κ3) is 5.70. The van der Waals surface area contributed by atoms with Crippen molar-refractivity contribution in [1.82, 2.24) is 4.90 Å². The fraction of sp³-hybridized carbons (Fsp3) is 0.714. The number of hydrogen-bond donors (Lipinski definition) is 1. The van der Waals surface area contributed by atoms with Crippen molar-refractivity contribution in [2.75, 3.05) is 26.2 Å². The lowest BCUT2D eigenvalue weighted by Crippen LogP contribution is -2.48. The molecule has 1 heterocycles. The molecule has 2 aliphatic rings. The van der Waals surface area contributed by atoms with Gasteiger partial charge in [0.05, 0.1) is 12.2 Å². The molecular weight excluding hydrogens is 314 g/mol. The van der Waals surface area contributed by atoms with Crippen LogP contribution in [0, 0.1) is 0 Å². The second-order valence-electron chi connectivity index (χ2n) is 7.84. The van der Waals surface area contributed by atoms with E-state index in [0.29, 0.717) is 13.2 Å². The largest absolute Gasteiger partial charge is 0.491 e. The molecule has 0 unspecified atom stereocenters. The fourth-order valence-corrected chi connectivity index (χ4v) is 4.25. The highest BCUT2D eigenvalue weighted by molar-refractivity contribution is 5.29. The van der Waals surface area contributed by atoms with Gasteiger partial charge in [-0.05, 0) is 50.3 Å². The van der Waals surface area contributed by atoms with Gasteiger partial charge in [-0.1, -0.05) is 31.4 Å². The van der Waals surface area contributed by atoms with Crippen molar-refractivity contribution >= 4 is 0 Å². The first-order chi connectivity index (χ1) is 12.1. The summed E-state index contributed by atoms with van der Waals surface area (Å²) in [5, 5.41) is 10.3. The van der Waals surface area contributed by atoms with Crippen LogP contribution in [0.15, 0.2) is 24.3 Å². The summed E-state index contributed by atoms with van der Waals surface area (Å²) >= 11 is 0. The lowest BCUT2D eigenvalue weighted by Gasteiger charge is -2.36. The van der Waals surface area contributed by atoms with Crippen molar-refractivity contribution in [3.05, 3.63) is 29.8 Å². The van der Waals surface area contributed by atoms with Crippen LogP contribution in [-0.2, 0) is 4.74 Å². The summed E-state index contributed by atoms with van der Waals surface area (Å²) in [6.07, 6.45) is 6.70. The number of morpholine rings is 1. The summed E-state index contributed by atoms with van der Waals surface area (Å²) in [5.74, 6) is 1.57. The summed E-state index contributed by atoms with van der Waals surface area (Å²) < 4.78 is 11.5. The minimum Gasteiger partial charge on any atom is -0.491 e. The maximum atomic E-state index is 10.3. The highest BCUT2D eigenvalue weighted by atomic mass is 16.5. The average molecular weight is 347 g/mol. The minimum atomic E-state index is -0.476. The second kappa shape index (κ2) is 9.02. The van der Waals surface area contributed by atoms with Crippen LogP contribution in [0.2, 0.25) is 0 Å². The molecule has 2 fully saturated rings. The third-order valence-electron chi connectivity index (χ3n) is 5.36. The van der Waals surface area contributed by atoms with Gasteiger partial charge in [-0.25, -0.2) is 0 Å². The van der Waals surface area contributed by atoms with E-state index in [9.17, 15) is 5.11 Å². The fourth-order valence-electron chi connectivity index (χ4n) is 4.25. The summed E-state index contributed by atoms with van der Waals surface area (Å²) in [6, 6.07) is 8.50. The Kier molecular flexibility index (Phi) is 6.74. The molecule has 1 saturated heterocycles. The zero-order valence-electron chi connectivity index (χ0n) is 15.7. The van der Waals surface area contributed by atoms with Crippen LogP contribution < -0.4 is 4.74 Å². The standard InChI is InChI=1S/C21H33NO3/c1-16-12-22(13-17(2)25-16)14-20(23)15-24-21-10-8-19(9-11-21)18-6-4-3-5-7-18/h8-11,16-18,20,23H,3-7,12-15H2,1-2H3/t16-,17+,20-/m1/s1. The zero-order valence-corrected chi connectivity index (χ0v) is 15.7. The number of aliphatic hydroxyl groups excluding tert-OH is 1. The molecule has 4 nitrogen and oxygen atoms in total. The van der Waals surface area contributed by atoms with Crippen LogP contribution in [0.4, 0.5) is 0 Å². The Hall–Kier alpha value is -1.10. The lowest BCUT2D eigenvalue weighted by molar-refractivity contribution is -0.0786. The maximum Gasteiger partial charge on any atom is 0.119 e. The van der Waals surface area contributed by atoms with Crippen LogP contribution >= 0.6 is 0 Å². The summed E-state index contributed by atoms with van der Waals surface area (Å²) in [4.78, 5) is 2.26. The Labute approximate surface area is 152 Å². The summed E-state index contributed by atoms with van der Waals surface area (Å²) in [7, 11) is 0. The smallest absolute Gasteiger partial charge is 0.119 e. The van der Waals surface area contributed by atoms with E-state index in [1.807, 2.05) is 0 Å². The molecule has 3 rings (SSSR count). The summed E-state index contributed by atoms with van der Waals surface area (Å²) in [6.45, 7) is 6.88. The van der Waals surface area contributed by atoms with Crippen molar-refractivity contribution in [3.8, 4) is 5.75 Å². The Morgan fingerprint density at radius 3 is 2.36 bits per heavy atom. The van der Waals surface area contributed by atoms with Crippen LogP contribution in [0.25, 0.3) is 0 Å². The normalized spacial score (nSPS) is 27.2. The van der Waals surface area contributed by atoms with Gasteiger partial charge in [-0.15, -0.1) is 0 Å². The Bertz CT molecular complexity index is 502. The van der Waals surface area contributed by atoms with Gasteiger partial charge in [0, 0.05) is 19.6 Å². The number of nitrogens with zero attached hydrogens (tertiary/aromatic N) is 1. The van der Waals surface area contributed by atoms with E-state index in [-0.39, 0.29) is 12.2 Å². The SMILES string of the molecule is C[C@@H]1CN(C[C@@H](O)COc2ccc(C3CCCCC3)cc2)C[C@H](C)O1. The van der Waals surface area contributed by atoms with Crippen molar-refractivity contribution in [1.29, 1.82) is 0 Å². The Morgan fingerprint density at radius 1 is 1.08 bits per heavy atom. The molecule has 1 N–H and O–H groups in total. The quantitative estimate of drug-likeness (QED) is 0.854. The number of β-amino-alcohol motifs (C(OH)–C–C–N with tert-alkyl or cyclic N) is 1. The molecular formula is C21H33NO3. The number of hydrogen-bond acceptors (Lipinski definition) is 4. The van der Waals surface area contributed by atoms with E-state index < -0.39 is 6.10 Å². The molecule has 3 atom stereocenters. The molecule has 1 aliphatic carbocycles. The van der Waals surface area contributed by atoms with E-state index in [1.54, 1.807) is 0 Å². The molecule has 4 heteroatoms. The van der Waals surface area contributed by atoms with Gasteiger partial charge in [0.25, 0.3) is 0 Å². The molecule has 0 aromatic heterocycles. The van der Waals surface area contributed by atoms with Crippen molar-refractivity contribution < 1.29 is 14.6 Å². The van der Waals surface area contributed by atoms with E-state index in [2.05, 4.69) is 43.0 Å². The van der Waals surface area contributed by atoms with Crippen LogP contribution in [0.3, 0.4) is 0 Å². The highest BCUT2D eigenvalue weighted by Crippen LogP contribution is 2.33. The molecule has 0 amide bonds. The first-order valence-corrected chi connectivity index (χ1v) is 9.89. The molecule has 0 bridgehead atoms. The number of benzene rings is 1. The summed E-state index contributed by atoms with van der Waals surface area (Å²) in [5.41, 5.74) is 1.43. The average Bonchev–Trinajstić information content (AvgIpc) is 2.60. The van der Waals surface area contributed by atoms with Gasteiger partial charge < -0.3 is 14.6 Å². The molecule has 0 spiro atoms. The van der Waals surface area contributed by atoms with Gasteiger partial charge in [-0.2, -0.15) is 0 Å². The number of rotatable bonds is 6. The molecule has 1 saturated carbocycles. The van der Waals surface area contributed by atoms with Gasteiger partial charge in [0.15, 0.2) is 0 Å². The molecule has 140 valence electrons. The third-order valence-corrected chi connectivity index (χ3v) is 5.36. The Morgan fingerprint density at radius 2 is 1.72 bits per heavy atom. The monoisotopic (exact) mass is 347 g/mol. The van der Waals surface area contributed by atoms with Gasteiger partial charge in [0.1, 0.15) is 18.5 Å². The first kappa shape index (κ1) is 18.7. The maximum absolute atomic E-state index is 10.3. The topological polar surface area (TPSA) is 41.9 Å².